The fraction of sp³-hybridized carbons (Fsp3) is 0.846. The lowest BCUT2D eigenvalue weighted by atomic mass is 9.95. The molecule has 0 aromatic rings. The maximum atomic E-state index is 12.3. The topological polar surface area (TPSA) is 60.9 Å². The summed E-state index contributed by atoms with van der Waals surface area (Å²) in [6, 6.07) is -0.434. The Hall–Kier alpha value is -1.26. The molecule has 5 heteroatoms. The number of likely N-dealkylation sites (tertiary alicyclic amines) is 1. The smallest absolute Gasteiger partial charge is 0.326 e. The van der Waals surface area contributed by atoms with Crippen LogP contribution >= 0.6 is 0 Å². The van der Waals surface area contributed by atoms with E-state index in [1.165, 1.54) is 24.2 Å². The Balaban J connectivity index is 1.99. The van der Waals surface area contributed by atoms with Gasteiger partial charge in [-0.3, -0.25) is 0 Å². The number of carboxylic acid groups (broad SMARTS) is 1. The number of carbonyl (C=O) groups excluding carboxylic acids is 1. The number of carbonyl (C=O) groups is 2. The van der Waals surface area contributed by atoms with Gasteiger partial charge in [-0.2, -0.15) is 0 Å². The van der Waals surface area contributed by atoms with E-state index in [2.05, 4.69) is 0 Å². The Kier molecular flexibility index (Phi) is 4.09. The van der Waals surface area contributed by atoms with Gasteiger partial charge in [0.25, 0.3) is 0 Å². The van der Waals surface area contributed by atoms with Crippen molar-refractivity contribution in [2.75, 3.05) is 13.6 Å². The first-order valence-corrected chi connectivity index (χ1v) is 6.87. The van der Waals surface area contributed by atoms with Crippen molar-refractivity contribution in [3.05, 3.63) is 0 Å². The molecule has 1 aliphatic carbocycles. The molecule has 1 heterocycles. The van der Waals surface area contributed by atoms with E-state index in [0.29, 0.717) is 19.0 Å². The molecule has 102 valence electrons. The standard InChI is InChI=1S/C13H22N2O3/c1-14(10-6-3-2-4-7-10)13(18)15-9-5-8-11(15)12(16)17/h10-11H,2-9H2,1H3,(H,16,17)/t11-/m1/s1. The van der Waals surface area contributed by atoms with E-state index in [0.717, 1.165) is 19.3 Å². The summed E-state index contributed by atoms with van der Waals surface area (Å²) in [7, 11) is 1.82. The number of aliphatic carboxylic acids is 1. The maximum absolute atomic E-state index is 12.3. The minimum Gasteiger partial charge on any atom is -0.480 e. The van der Waals surface area contributed by atoms with Crippen LogP contribution in [0, 0.1) is 0 Å². The predicted molar refractivity (Wildman–Crippen MR) is 67.4 cm³/mol. The molecule has 2 aliphatic rings. The molecule has 18 heavy (non-hydrogen) atoms. The molecule has 2 rings (SSSR count). The number of hydrogen-bond acceptors (Lipinski definition) is 2. The lowest BCUT2D eigenvalue weighted by molar-refractivity contribution is -0.141. The van der Waals surface area contributed by atoms with E-state index in [1.807, 2.05) is 7.05 Å². The first-order valence-electron chi connectivity index (χ1n) is 6.87. The van der Waals surface area contributed by atoms with E-state index in [1.54, 1.807) is 4.90 Å². The monoisotopic (exact) mass is 254 g/mol. The molecule has 1 atom stereocenters. The third-order valence-corrected chi connectivity index (χ3v) is 4.21. The van der Waals surface area contributed by atoms with Gasteiger partial charge in [-0.05, 0) is 25.7 Å². The molecule has 2 amide bonds. The van der Waals surface area contributed by atoms with Crippen LogP contribution < -0.4 is 0 Å². The van der Waals surface area contributed by atoms with E-state index >= 15 is 0 Å². The van der Waals surface area contributed by atoms with Crippen LogP contribution in [0.15, 0.2) is 0 Å². The lowest BCUT2D eigenvalue weighted by Crippen LogP contribution is -2.50. The van der Waals surface area contributed by atoms with Gasteiger partial charge < -0.3 is 14.9 Å². The largest absolute Gasteiger partial charge is 0.480 e. The highest BCUT2D eigenvalue weighted by molar-refractivity contribution is 5.83. The van der Waals surface area contributed by atoms with Crippen LogP contribution in [0.3, 0.4) is 0 Å². The van der Waals surface area contributed by atoms with Crippen molar-refractivity contribution in [2.24, 2.45) is 0 Å². The highest BCUT2D eigenvalue weighted by atomic mass is 16.4. The molecule has 1 saturated heterocycles. The van der Waals surface area contributed by atoms with E-state index in [-0.39, 0.29) is 6.03 Å². The molecule has 0 aromatic heterocycles. The van der Waals surface area contributed by atoms with Gasteiger partial charge in [0.1, 0.15) is 6.04 Å². The van der Waals surface area contributed by atoms with Gasteiger partial charge in [0.05, 0.1) is 0 Å². The molecular weight excluding hydrogens is 232 g/mol. The quantitative estimate of drug-likeness (QED) is 0.819. The van der Waals surface area contributed by atoms with Gasteiger partial charge in [0.2, 0.25) is 0 Å². The maximum Gasteiger partial charge on any atom is 0.326 e. The van der Waals surface area contributed by atoms with Crippen LogP contribution in [0.1, 0.15) is 44.9 Å². The van der Waals surface area contributed by atoms with Gasteiger partial charge >= 0.3 is 12.0 Å². The number of carboxylic acids is 1. The predicted octanol–water partition coefficient (Wildman–Crippen LogP) is 1.92. The average molecular weight is 254 g/mol. The second-order valence-electron chi connectivity index (χ2n) is 5.37. The first kappa shape index (κ1) is 13.2. The molecule has 2 fully saturated rings. The first-order chi connectivity index (χ1) is 8.61. The van der Waals surface area contributed by atoms with Crippen LogP contribution in [0.5, 0.6) is 0 Å². The number of nitrogens with zero attached hydrogens (tertiary/aromatic N) is 2. The molecular formula is C13H22N2O3. The molecule has 0 radical (unpaired) electrons. The fourth-order valence-corrected chi connectivity index (χ4v) is 3.08. The second-order valence-corrected chi connectivity index (χ2v) is 5.37. The van der Waals surface area contributed by atoms with Gasteiger partial charge in [-0.25, -0.2) is 9.59 Å². The van der Waals surface area contributed by atoms with E-state index < -0.39 is 12.0 Å². The SMILES string of the molecule is CN(C(=O)N1CCC[C@@H]1C(=O)O)C1CCCCC1. The van der Waals surface area contributed by atoms with Gasteiger partial charge in [0.15, 0.2) is 0 Å². The van der Waals surface area contributed by atoms with Crippen LogP contribution in [0.4, 0.5) is 4.79 Å². The zero-order valence-electron chi connectivity index (χ0n) is 11.0. The molecule has 0 bridgehead atoms. The van der Waals surface area contributed by atoms with Crippen LogP contribution in [-0.2, 0) is 4.79 Å². The summed E-state index contributed by atoms with van der Waals surface area (Å²) in [6.45, 7) is 0.576. The van der Waals surface area contributed by atoms with Crippen molar-refractivity contribution in [3.8, 4) is 0 Å². The minimum absolute atomic E-state index is 0.105. The highest BCUT2D eigenvalue weighted by Crippen LogP contribution is 2.25. The van der Waals surface area contributed by atoms with Crippen molar-refractivity contribution in [1.29, 1.82) is 0 Å². The normalized spacial score (nSPS) is 25.2. The number of amides is 2. The summed E-state index contributed by atoms with van der Waals surface area (Å²) >= 11 is 0. The summed E-state index contributed by atoms with van der Waals surface area (Å²) in [5, 5.41) is 9.11. The summed E-state index contributed by atoms with van der Waals surface area (Å²) < 4.78 is 0. The fourth-order valence-electron chi connectivity index (χ4n) is 3.08. The molecule has 1 N–H and O–H groups in total. The Bertz CT molecular complexity index is 326. The van der Waals surface area contributed by atoms with E-state index in [4.69, 9.17) is 5.11 Å². The van der Waals surface area contributed by atoms with E-state index in [9.17, 15) is 9.59 Å². The zero-order chi connectivity index (χ0) is 13.1. The van der Waals surface area contributed by atoms with Gasteiger partial charge in [-0.15, -0.1) is 0 Å². The van der Waals surface area contributed by atoms with Crippen molar-refractivity contribution < 1.29 is 14.7 Å². The molecule has 1 aliphatic heterocycles. The van der Waals surface area contributed by atoms with Crippen molar-refractivity contribution >= 4 is 12.0 Å². The second kappa shape index (κ2) is 5.59. The summed E-state index contributed by atoms with van der Waals surface area (Å²) in [6.07, 6.45) is 7.07. The number of urea groups is 1. The van der Waals surface area contributed by atoms with Crippen molar-refractivity contribution in [3.63, 3.8) is 0 Å². The van der Waals surface area contributed by atoms with Crippen LogP contribution in [0.25, 0.3) is 0 Å². The molecule has 5 nitrogen and oxygen atoms in total. The summed E-state index contributed by atoms with van der Waals surface area (Å²) in [5.74, 6) is -0.877. The minimum atomic E-state index is -0.877. The van der Waals surface area contributed by atoms with Gasteiger partial charge in [-0.1, -0.05) is 19.3 Å². The number of hydrogen-bond donors (Lipinski definition) is 1. The Morgan fingerprint density at radius 2 is 1.78 bits per heavy atom. The van der Waals surface area contributed by atoms with Crippen LogP contribution in [0.2, 0.25) is 0 Å². The summed E-state index contributed by atoms with van der Waals surface area (Å²) in [5.41, 5.74) is 0. The molecule has 0 spiro atoms. The van der Waals surface area contributed by atoms with Crippen molar-refractivity contribution in [1.82, 2.24) is 9.80 Å². The average Bonchev–Trinajstić information content (AvgIpc) is 2.87. The van der Waals surface area contributed by atoms with Crippen LogP contribution in [-0.4, -0.2) is 52.6 Å². The lowest BCUT2D eigenvalue weighted by Gasteiger charge is -2.35. The zero-order valence-corrected chi connectivity index (χ0v) is 11.0. The molecule has 0 aromatic carbocycles. The van der Waals surface area contributed by atoms with Gasteiger partial charge in [0, 0.05) is 19.6 Å². The van der Waals surface area contributed by atoms with Crippen molar-refractivity contribution in [2.45, 2.75) is 57.0 Å². The Morgan fingerprint density at radius 1 is 1.11 bits per heavy atom. The number of rotatable bonds is 2. The third-order valence-electron chi connectivity index (χ3n) is 4.21. The Labute approximate surface area is 108 Å². The highest BCUT2D eigenvalue weighted by Gasteiger charge is 2.36. The molecule has 1 saturated carbocycles. The summed E-state index contributed by atoms with van der Waals surface area (Å²) in [4.78, 5) is 26.7. The molecule has 0 unspecified atom stereocenters. The third kappa shape index (κ3) is 2.60. The Morgan fingerprint density at radius 3 is 2.39 bits per heavy atom.